The van der Waals surface area contributed by atoms with Gasteiger partial charge in [-0.05, 0) is 48.9 Å². The molecule has 7 nitrogen and oxygen atoms in total. The molecule has 9 heteroatoms. The summed E-state index contributed by atoms with van der Waals surface area (Å²) in [6, 6.07) is 11.1. The highest BCUT2D eigenvalue weighted by Gasteiger charge is 2.14. The van der Waals surface area contributed by atoms with Crippen LogP contribution in [-0.4, -0.2) is 38.1 Å². The van der Waals surface area contributed by atoms with Gasteiger partial charge < -0.3 is 4.74 Å². The lowest BCUT2D eigenvalue weighted by Crippen LogP contribution is -2.20. The Morgan fingerprint density at radius 3 is 2.52 bits per heavy atom. The second-order valence-corrected chi connectivity index (χ2v) is 8.96. The Balaban J connectivity index is 1.58. The summed E-state index contributed by atoms with van der Waals surface area (Å²) in [4.78, 5) is 28.4. The highest BCUT2D eigenvalue weighted by Crippen LogP contribution is 2.26. The SMILES string of the molecule is Cc1ccc2nc(NC(=O)COC(=O)c3ccc(S(C)(=O)=O)cc3)sc2c1. The first-order valence-corrected chi connectivity index (χ1v) is 10.6. The molecule has 1 heterocycles. The van der Waals surface area contributed by atoms with E-state index in [9.17, 15) is 18.0 Å². The third-order valence-electron chi connectivity index (χ3n) is 3.64. The standard InChI is InChI=1S/C18H16N2O5S2/c1-11-3-8-14-15(9-11)26-18(19-14)20-16(21)10-25-17(22)12-4-6-13(7-5-12)27(2,23)24/h3-9H,10H2,1-2H3,(H,19,20,21). The number of hydrogen-bond acceptors (Lipinski definition) is 7. The second kappa shape index (κ2) is 7.45. The van der Waals surface area contributed by atoms with E-state index in [0.29, 0.717) is 5.13 Å². The van der Waals surface area contributed by atoms with Crippen molar-refractivity contribution >= 4 is 48.4 Å². The van der Waals surface area contributed by atoms with Crippen molar-refractivity contribution in [1.82, 2.24) is 4.98 Å². The second-order valence-electron chi connectivity index (χ2n) is 5.91. The lowest BCUT2D eigenvalue weighted by molar-refractivity contribution is -0.119. The average molecular weight is 404 g/mol. The zero-order valence-electron chi connectivity index (χ0n) is 14.6. The third-order valence-corrected chi connectivity index (χ3v) is 5.70. The van der Waals surface area contributed by atoms with Crippen LogP contribution in [0, 0.1) is 6.92 Å². The quantitative estimate of drug-likeness (QED) is 0.656. The molecular weight excluding hydrogens is 388 g/mol. The number of sulfone groups is 1. The van der Waals surface area contributed by atoms with E-state index in [2.05, 4.69) is 10.3 Å². The molecule has 0 aliphatic rings. The summed E-state index contributed by atoms with van der Waals surface area (Å²) in [5.41, 5.74) is 2.04. The number of benzene rings is 2. The van der Waals surface area contributed by atoms with Crippen molar-refractivity contribution in [3.63, 3.8) is 0 Å². The molecule has 0 saturated carbocycles. The van der Waals surface area contributed by atoms with E-state index in [-0.39, 0.29) is 10.5 Å². The molecule has 0 unspecified atom stereocenters. The van der Waals surface area contributed by atoms with Gasteiger partial charge in [-0.1, -0.05) is 17.4 Å². The molecule has 2 aromatic carbocycles. The van der Waals surface area contributed by atoms with Gasteiger partial charge >= 0.3 is 5.97 Å². The van der Waals surface area contributed by atoms with E-state index < -0.39 is 28.3 Å². The van der Waals surface area contributed by atoms with Crippen LogP contribution in [0.3, 0.4) is 0 Å². The number of carbonyl (C=O) groups excluding carboxylic acids is 2. The van der Waals surface area contributed by atoms with Gasteiger partial charge in [0.25, 0.3) is 5.91 Å². The number of fused-ring (bicyclic) bond motifs is 1. The van der Waals surface area contributed by atoms with Crippen LogP contribution in [0.25, 0.3) is 10.2 Å². The zero-order chi connectivity index (χ0) is 19.6. The molecule has 3 aromatic rings. The molecule has 140 valence electrons. The number of nitrogens with one attached hydrogen (secondary N) is 1. The van der Waals surface area contributed by atoms with Crippen molar-refractivity contribution in [3.05, 3.63) is 53.6 Å². The van der Waals surface area contributed by atoms with Crippen LogP contribution >= 0.6 is 11.3 Å². The van der Waals surface area contributed by atoms with E-state index >= 15 is 0 Å². The predicted molar refractivity (Wildman–Crippen MR) is 103 cm³/mol. The summed E-state index contributed by atoms with van der Waals surface area (Å²) < 4.78 is 28.7. The molecular formula is C18H16N2O5S2. The Labute approximate surface area is 159 Å². The lowest BCUT2D eigenvalue weighted by Gasteiger charge is -2.05. The molecule has 0 saturated heterocycles. The number of anilines is 1. The van der Waals surface area contributed by atoms with E-state index in [4.69, 9.17) is 4.74 Å². The highest BCUT2D eigenvalue weighted by atomic mass is 32.2. The van der Waals surface area contributed by atoms with Gasteiger partial charge in [-0.2, -0.15) is 0 Å². The number of ether oxygens (including phenoxy) is 1. The van der Waals surface area contributed by atoms with Crippen molar-refractivity contribution in [3.8, 4) is 0 Å². The molecule has 0 aliphatic heterocycles. The molecule has 0 spiro atoms. The molecule has 0 radical (unpaired) electrons. The van der Waals surface area contributed by atoms with Crippen LogP contribution in [0.1, 0.15) is 15.9 Å². The number of aryl methyl sites for hydroxylation is 1. The third kappa shape index (κ3) is 4.69. The van der Waals surface area contributed by atoms with Crippen molar-refractivity contribution in [2.45, 2.75) is 11.8 Å². The number of amides is 1. The molecule has 1 amide bonds. The van der Waals surface area contributed by atoms with Crippen LogP contribution in [0.2, 0.25) is 0 Å². The fraction of sp³-hybridized carbons (Fsp3) is 0.167. The van der Waals surface area contributed by atoms with Gasteiger partial charge in [0.2, 0.25) is 0 Å². The Morgan fingerprint density at radius 1 is 1.15 bits per heavy atom. The van der Waals surface area contributed by atoms with Gasteiger partial charge in [-0.25, -0.2) is 18.2 Å². The number of thiazole rings is 1. The summed E-state index contributed by atoms with van der Waals surface area (Å²) in [5, 5.41) is 3.02. The fourth-order valence-corrected chi connectivity index (χ4v) is 3.90. The van der Waals surface area contributed by atoms with Crippen molar-refractivity contribution in [2.75, 3.05) is 18.2 Å². The average Bonchev–Trinajstić information content (AvgIpc) is 3.00. The number of carbonyl (C=O) groups is 2. The first kappa shape index (κ1) is 19.0. The molecule has 27 heavy (non-hydrogen) atoms. The van der Waals surface area contributed by atoms with Crippen molar-refractivity contribution in [1.29, 1.82) is 0 Å². The Bertz CT molecular complexity index is 1120. The minimum absolute atomic E-state index is 0.0999. The monoisotopic (exact) mass is 404 g/mol. The largest absolute Gasteiger partial charge is 0.452 e. The fourth-order valence-electron chi connectivity index (χ4n) is 2.29. The van der Waals surface area contributed by atoms with Crippen LogP contribution < -0.4 is 5.32 Å². The molecule has 3 rings (SSSR count). The molecule has 0 bridgehead atoms. The van der Waals surface area contributed by atoms with E-state index in [1.807, 2.05) is 25.1 Å². The molecule has 0 fully saturated rings. The maximum absolute atomic E-state index is 12.0. The highest BCUT2D eigenvalue weighted by molar-refractivity contribution is 7.90. The van der Waals surface area contributed by atoms with Gasteiger partial charge in [0.1, 0.15) is 0 Å². The summed E-state index contributed by atoms with van der Waals surface area (Å²) in [7, 11) is -3.34. The van der Waals surface area contributed by atoms with Gasteiger partial charge in [-0.3, -0.25) is 10.1 Å². The molecule has 0 atom stereocenters. The minimum atomic E-state index is -3.34. The summed E-state index contributed by atoms with van der Waals surface area (Å²) in [6.45, 7) is 1.50. The molecule has 1 N–H and O–H groups in total. The summed E-state index contributed by atoms with van der Waals surface area (Å²) in [6.07, 6.45) is 1.08. The lowest BCUT2D eigenvalue weighted by atomic mass is 10.2. The smallest absolute Gasteiger partial charge is 0.338 e. The van der Waals surface area contributed by atoms with Gasteiger partial charge in [0, 0.05) is 6.26 Å². The summed E-state index contributed by atoms with van der Waals surface area (Å²) in [5.74, 6) is -1.22. The number of esters is 1. The Morgan fingerprint density at radius 2 is 1.85 bits per heavy atom. The van der Waals surface area contributed by atoms with E-state index in [1.54, 1.807) is 0 Å². The van der Waals surface area contributed by atoms with Crippen molar-refractivity contribution < 1.29 is 22.7 Å². The normalized spacial score (nSPS) is 11.3. The van der Waals surface area contributed by atoms with Crippen LogP contribution in [-0.2, 0) is 19.4 Å². The van der Waals surface area contributed by atoms with Gasteiger partial charge in [0.05, 0.1) is 20.7 Å². The number of nitrogens with zero attached hydrogens (tertiary/aromatic N) is 1. The Kier molecular flexibility index (Phi) is 5.24. The van der Waals surface area contributed by atoms with E-state index in [1.165, 1.54) is 35.6 Å². The van der Waals surface area contributed by atoms with Gasteiger partial charge in [-0.15, -0.1) is 0 Å². The predicted octanol–water partition coefficient (Wildman–Crippen LogP) is 2.80. The zero-order valence-corrected chi connectivity index (χ0v) is 16.2. The topological polar surface area (TPSA) is 102 Å². The molecule has 0 aliphatic carbocycles. The maximum atomic E-state index is 12.0. The van der Waals surface area contributed by atoms with Gasteiger partial charge in [0.15, 0.2) is 21.6 Å². The first-order chi connectivity index (χ1) is 12.7. The number of hydrogen-bond donors (Lipinski definition) is 1. The number of aromatic nitrogens is 1. The van der Waals surface area contributed by atoms with Crippen LogP contribution in [0.4, 0.5) is 5.13 Å². The van der Waals surface area contributed by atoms with Crippen molar-refractivity contribution in [2.24, 2.45) is 0 Å². The van der Waals surface area contributed by atoms with Crippen LogP contribution in [0.15, 0.2) is 47.4 Å². The summed E-state index contributed by atoms with van der Waals surface area (Å²) >= 11 is 1.33. The van der Waals surface area contributed by atoms with Crippen LogP contribution in [0.5, 0.6) is 0 Å². The Hall–Kier alpha value is -2.78. The first-order valence-electron chi connectivity index (χ1n) is 7.87. The minimum Gasteiger partial charge on any atom is -0.452 e. The molecule has 1 aromatic heterocycles. The maximum Gasteiger partial charge on any atom is 0.338 e. The van der Waals surface area contributed by atoms with E-state index in [0.717, 1.165) is 22.0 Å². The number of rotatable bonds is 5.